The van der Waals surface area contributed by atoms with Gasteiger partial charge in [0.25, 0.3) is 0 Å². The minimum Gasteiger partial charge on any atom is -0.512 e. The van der Waals surface area contributed by atoms with Gasteiger partial charge in [-0.15, -0.1) is 0 Å². The van der Waals surface area contributed by atoms with E-state index in [-0.39, 0.29) is 0 Å². The number of hydrogen-bond donors (Lipinski definition) is 2. The van der Waals surface area contributed by atoms with Crippen LogP contribution in [0.15, 0.2) is 52.5 Å². The Bertz CT molecular complexity index is 711. The summed E-state index contributed by atoms with van der Waals surface area (Å²) in [5.41, 5.74) is 4.20. The molecule has 0 spiro atoms. The van der Waals surface area contributed by atoms with Crippen LogP contribution in [0.4, 0.5) is 5.69 Å². The van der Waals surface area contributed by atoms with E-state index in [1.807, 2.05) is 0 Å². The third-order valence-electron chi connectivity index (χ3n) is 4.73. The highest BCUT2D eigenvalue weighted by atomic mass is 16.3. The van der Waals surface area contributed by atoms with Crippen molar-refractivity contribution in [2.75, 3.05) is 38.5 Å². The van der Waals surface area contributed by atoms with Crippen LogP contribution in [0.1, 0.15) is 18.4 Å². The lowest BCUT2D eigenvalue weighted by Gasteiger charge is -2.34. The molecule has 1 aromatic carbocycles. The van der Waals surface area contributed by atoms with E-state index in [1.165, 1.54) is 0 Å². The van der Waals surface area contributed by atoms with Gasteiger partial charge in [-0.05, 0) is 25.6 Å². The van der Waals surface area contributed by atoms with Crippen LogP contribution >= 0.6 is 0 Å². The Morgan fingerprint density at radius 2 is 1.87 bits per heavy atom. The summed E-state index contributed by atoms with van der Waals surface area (Å²) in [5, 5.41) is 13.4. The molecule has 5 nitrogen and oxygen atoms in total. The summed E-state index contributed by atoms with van der Waals surface area (Å²) in [6, 6.07) is 8.34. The van der Waals surface area contributed by atoms with Crippen LogP contribution in [0.25, 0.3) is 0 Å². The number of nitrogens with one attached hydrogen (secondary N) is 1. The fourth-order valence-corrected chi connectivity index (χ4v) is 3.31. The van der Waals surface area contributed by atoms with E-state index in [0.29, 0.717) is 12.2 Å². The minimum atomic E-state index is 0.415. The first-order chi connectivity index (χ1) is 11.2. The molecule has 23 heavy (non-hydrogen) atoms. The van der Waals surface area contributed by atoms with E-state index in [0.717, 1.165) is 61.1 Å². The van der Waals surface area contributed by atoms with E-state index in [1.54, 1.807) is 6.08 Å². The SMILES string of the molecule is CN1CCN(C2=NC3=C(CCC(O)=C3)Nc3ccccc32)CC1. The molecule has 2 N–H and O–H groups in total. The molecule has 0 radical (unpaired) electrons. The van der Waals surface area contributed by atoms with Gasteiger partial charge in [0.15, 0.2) is 0 Å². The first-order valence-electron chi connectivity index (χ1n) is 8.22. The Balaban J connectivity index is 1.79. The molecule has 0 bridgehead atoms. The minimum absolute atomic E-state index is 0.415. The van der Waals surface area contributed by atoms with Crippen molar-refractivity contribution in [3.63, 3.8) is 0 Å². The van der Waals surface area contributed by atoms with Crippen molar-refractivity contribution in [2.24, 2.45) is 4.99 Å². The molecule has 4 rings (SSSR count). The first kappa shape index (κ1) is 14.3. The topological polar surface area (TPSA) is 51.1 Å². The van der Waals surface area contributed by atoms with Crippen molar-refractivity contribution in [2.45, 2.75) is 12.8 Å². The van der Waals surface area contributed by atoms with E-state index in [4.69, 9.17) is 4.99 Å². The smallest absolute Gasteiger partial charge is 0.138 e. The molecule has 1 aliphatic carbocycles. The lowest BCUT2D eigenvalue weighted by molar-refractivity contribution is 0.215. The van der Waals surface area contributed by atoms with Gasteiger partial charge in [-0.25, -0.2) is 4.99 Å². The fraction of sp³-hybridized carbons (Fsp3) is 0.389. The molecule has 120 valence electrons. The number of aliphatic hydroxyl groups excluding tert-OH is 1. The van der Waals surface area contributed by atoms with Crippen molar-refractivity contribution >= 4 is 11.5 Å². The number of nitrogens with zero attached hydrogens (tertiary/aromatic N) is 3. The van der Waals surface area contributed by atoms with Crippen LogP contribution < -0.4 is 5.32 Å². The van der Waals surface area contributed by atoms with Crippen molar-refractivity contribution in [3.8, 4) is 0 Å². The molecule has 0 amide bonds. The van der Waals surface area contributed by atoms with Crippen molar-refractivity contribution in [1.29, 1.82) is 0 Å². The van der Waals surface area contributed by atoms with Crippen molar-refractivity contribution in [3.05, 3.63) is 53.1 Å². The van der Waals surface area contributed by atoms with Gasteiger partial charge in [0, 0.05) is 55.6 Å². The molecule has 1 aromatic rings. The van der Waals surface area contributed by atoms with Crippen LogP contribution in [0.5, 0.6) is 0 Å². The summed E-state index contributed by atoms with van der Waals surface area (Å²) in [6.45, 7) is 4.03. The number of amidine groups is 1. The Hall–Kier alpha value is -2.27. The molecule has 0 aromatic heterocycles. The number of benzene rings is 1. The second-order valence-corrected chi connectivity index (χ2v) is 6.40. The van der Waals surface area contributed by atoms with Gasteiger partial charge in [0.05, 0.1) is 11.5 Å². The van der Waals surface area contributed by atoms with Crippen LogP contribution in [0, 0.1) is 0 Å². The van der Waals surface area contributed by atoms with E-state index >= 15 is 0 Å². The normalized spacial score (nSPS) is 21.7. The predicted molar refractivity (Wildman–Crippen MR) is 92.6 cm³/mol. The average molecular weight is 310 g/mol. The molecule has 0 atom stereocenters. The van der Waals surface area contributed by atoms with Gasteiger partial charge >= 0.3 is 0 Å². The standard InChI is InChI=1S/C18H22N4O/c1-21-8-10-22(11-9-21)18-14-4-2-3-5-15(14)19-16-7-6-13(23)12-17(16)20-18/h2-5,12,19,23H,6-11H2,1H3. The highest BCUT2D eigenvalue weighted by Crippen LogP contribution is 2.31. The number of anilines is 1. The summed E-state index contributed by atoms with van der Waals surface area (Å²) < 4.78 is 0. The average Bonchev–Trinajstić information content (AvgIpc) is 2.72. The monoisotopic (exact) mass is 310 g/mol. The number of aliphatic imine (C=N–C) groups is 1. The fourth-order valence-electron chi connectivity index (χ4n) is 3.31. The summed E-state index contributed by atoms with van der Waals surface area (Å²) >= 11 is 0. The summed E-state index contributed by atoms with van der Waals surface area (Å²) in [6.07, 6.45) is 3.27. The molecular formula is C18H22N4O. The number of fused-ring (bicyclic) bond motifs is 1. The first-order valence-corrected chi connectivity index (χ1v) is 8.22. The number of likely N-dealkylation sites (N-methyl/N-ethyl adjacent to an activating group) is 1. The lowest BCUT2D eigenvalue weighted by atomic mass is 10.1. The molecule has 3 aliphatic rings. The molecule has 2 aliphatic heterocycles. The Morgan fingerprint density at radius 1 is 1.09 bits per heavy atom. The van der Waals surface area contributed by atoms with E-state index < -0.39 is 0 Å². The van der Waals surface area contributed by atoms with Crippen LogP contribution in [-0.4, -0.2) is 54.0 Å². The molecule has 0 saturated carbocycles. The summed E-state index contributed by atoms with van der Waals surface area (Å²) in [5.74, 6) is 1.43. The highest BCUT2D eigenvalue weighted by molar-refractivity contribution is 6.05. The molecule has 1 saturated heterocycles. The van der Waals surface area contributed by atoms with Crippen molar-refractivity contribution in [1.82, 2.24) is 9.80 Å². The maximum Gasteiger partial charge on any atom is 0.138 e. The third kappa shape index (κ3) is 2.72. The maximum absolute atomic E-state index is 9.90. The number of piperazine rings is 1. The Labute approximate surface area is 136 Å². The molecule has 0 unspecified atom stereocenters. The number of para-hydroxylation sites is 1. The number of aliphatic hydroxyl groups is 1. The highest BCUT2D eigenvalue weighted by Gasteiger charge is 2.25. The number of rotatable bonds is 0. The van der Waals surface area contributed by atoms with Crippen molar-refractivity contribution < 1.29 is 5.11 Å². The summed E-state index contributed by atoms with van der Waals surface area (Å²) in [4.78, 5) is 9.64. The Morgan fingerprint density at radius 3 is 2.70 bits per heavy atom. The third-order valence-corrected chi connectivity index (χ3v) is 4.73. The molecular weight excluding hydrogens is 288 g/mol. The van der Waals surface area contributed by atoms with Gasteiger partial charge in [-0.1, -0.05) is 12.1 Å². The van der Waals surface area contributed by atoms with Gasteiger partial charge in [0.2, 0.25) is 0 Å². The quantitative estimate of drug-likeness (QED) is 0.773. The molecule has 5 heteroatoms. The largest absolute Gasteiger partial charge is 0.512 e. The second kappa shape index (κ2) is 5.74. The summed E-state index contributed by atoms with van der Waals surface area (Å²) in [7, 11) is 2.16. The molecule has 1 fully saturated rings. The van der Waals surface area contributed by atoms with Crippen LogP contribution in [0.2, 0.25) is 0 Å². The molecule has 2 heterocycles. The zero-order valence-electron chi connectivity index (χ0n) is 13.4. The maximum atomic E-state index is 9.90. The zero-order chi connectivity index (χ0) is 15.8. The van der Waals surface area contributed by atoms with E-state index in [9.17, 15) is 5.11 Å². The number of allylic oxidation sites excluding steroid dienone is 3. The van der Waals surface area contributed by atoms with Crippen LogP contribution in [-0.2, 0) is 0 Å². The Kier molecular flexibility index (Phi) is 3.58. The lowest BCUT2D eigenvalue weighted by Crippen LogP contribution is -2.47. The van der Waals surface area contributed by atoms with Gasteiger partial charge in [0.1, 0.15) is 5.84 Å². The zero-order valence-corrected chi connectivity index (χ0v) is 13.4. The second-order valence-electron chi connectivity index (χ2n) is 6.40. The van der Waals surface area contributed by atoms with Gasteiger partial charge < -0.3 is 20.2 Å². The predicted octanol–water partition coefficient (Wildman–Crippen LogP) is 2.55. The van der Waals surface area contributed by atoms with Gasteiger partial charge in [-0.3, -0.25) is 0 Å². The number of hydrogen-bond acceptors (Lipinski definition) is 5. The van der Waals surface area contributed by atoms with E-state index in [2.05, 4.69) is 46.4 Å². The van der Waals surface area contributed by atoms with Crippen LogP contribution in [0.3, 0.4) is 0 Å². The van der Waals surface area contributed by atoms with Gasteiger partial charge in [-0.2, -0.15) is 0 Å².